The van der Waals surface area contributed by atoms with Gasteiger partial charge in [-0.15, -0.1) is 0 Å². The summed E-state index contributed by atoms with van der Waals surface area (Å²) in [4.78, 5) is 21.4. The molecule has 16 heavy (non-hydrogen) atoms. The summed E-state index contributed by atoms with van der Waals surface area (Å²) in [5, 5.41) is 9.37. The van der Waals surface area contributed by atoms with Crippen molar-refractivity contribution in [1.29, 1.82) is 0 Å². The van der Waals surface area contributed by atoms with Crippen LogP contribution in [0.2, 0.25) is 0 Å². The van der Waals surface area contributed by atoms with Gasteiger partial charge in [-0.2, -0.15) is 0 Å². The summed E-state index contributed by atoms with van der Waals surface area (Å²) in [5.74, 6) is -0.807. The maximum atomic E-state index is 10.8. The molecule has 0 aromatic rings. The molecule has 1 saturated heterocycles. The van der Waals surface area contributed by atoms with Crippen molar-refractivity contribution in [3.63, 3.8) is 0 Å². The first-order chi connectivity index (χ1) is 7.47. The zero-order valence-corrected chi connectivity index (χ0v) is 9.34. The van der Waals surface area contributed by atoms with Crippen LogP contribution in [0.25, 0.3) is 0 Å². The van der Waals surface area contributed by atoms with E-state index in [0.29, 0.717) is 6.42 Å². The monoisotopic (exact) mass is 232 g/mol. The van der Waals surface area contributed by atoms with Crippen LogP contribution < -0.4 is 0 Å². The van der Waals surface area contributed by atoms with E-state index in [1.165, 1.54) is 13.8 Å². The SMILES string of the molecule is CC(=O)OC[C@@H]1C[C@@H](OC(C)=O)C[C@@H](O)O1. The number of carbonyl (C=O) groups is 2. The molecule has 3 atom stereocenters. The summed E-state index contributed by atoms with van der Waals surface area (Å²) in [7, 11) is 0. The van der Waals surface area contributed by atoms with Crippen LogP contribution in [0.1, 0.15) is 26.7 Å². The Morgan fingerprint density at radius 3 is 2.56 bits per heavy atom. The molecule has 0 unspecified atom stereocenters. The second-order valence-electron chi connectivity index (χ2n) is 3.72. The fourth-order valence-corrected chi connectivity index (χ4v) is 1.60. The van der Waals surface area contributed by atoms with Gasteiger partial charge in [-0.3, -0.25) is 9.59 Å². The van der Waals surface area contributed by atoms with E-state index in [9.17, 15) is 14.7 Å². The molecule has 0 aromatic heterocycles. The minimum absolute atomic E-state index is 0.0597. The number of hydrogen-bond donors (Lipinski definition) is 1. The number of carbonyl (C=O) groups excluding carboxylic acids is 2. The smallest absolute Gasteiger partial charge is 0.302 e. The minimum atomic E-state index is -0.987. The van der Waals surface area contributed by atoms with Gasteiger partial charge in [0.2, 0.25) is 0 Å². The van der Waals surface area contributed by atoms with Crippen molar-refractivity contribution in [3.8, 4) is 0 Å². The van der Waals surface area contributed by atoms with Gasteiger partial charge in [-0.1, -0.05) is 0 Å². The van der Waals surface area contributed by atoms with Gasteiger partial charge in [0.05, 0.1) is 6.10 Å². The number of aliphatic hydroxyl groups is 1. The molecule has 0 radical (unpaired) electrons. The topological polar surface area (TPSA) is 82.1 Å². The molecule has 0 saturated carbocycles. The van der Waals surface area contributed by atoms with Gasteiger partial charge in [0.15, 0.2) is 6.29 Å². The first kappa shape index (κ1) is 12.9. The average molecular weight is 232 g/mol. The van der Waals surface area contributed by atoms with Gasteiger partial charge in [0.25, 0.3) is 0 Å². The molecule has 0 bridgehead atoms. The molecule has 1 aliphatic rings. The highest BCUT2D eigenvalue weighted by Gasteiger charge is 2.30. The van der Waals surface area contributed by atoms with Gasteiger partial charge >= 0.3 is 11.9 Å². The van der Waals surface area contributed by atoms with Crippen molar-refractivity contribution in [1.82, 2.24) is 0 Å². The highest BCUT2D eigenvalue weighted by atomic mass is 16.6. The number of hydrogen-bond acceptors (Lipinski definition) is 6. The Morgan fingerprint density at radius 1 is 1.31 bits per heavy atom. The van der Waals surface area contributed by atoms with Crippen molar-refractivity contribution >= 4 is 11.9 Å². The summed E-state index contributed by atoms with van der Waals surface area (Å²) in [6.07, 6.45) is -1.14. The standard InChI is InChI=1S/C10H16O6/c1-6(11)14-5-9-3-8(15-7(2)12)4-10(13)16-9/h8-10,13H,3-5H2,1-2H3/t8-,9+,10+/m1/s1. The highest BCUT2D eigenvalue weighted by Crippen LogP contribution is 2.21. The molecule has 0 spiro atoms. The molecular formula is C10H16O6. The third kappa shape index (κ3) is 4.59. The van der Waals surface area contributed by atoms with E-state index in [1.807, 2.05) is 0 Å². The maximum Gasteiger partial charge on any atom is 0.302 e. The third-order valence-electron chi connectivity index (χ3n) is 2.14. The molecule has 1 rings (SSSR count). The quantitative estimate of drug-likeness (QED) is 0.688. The lowest BCUT2D eigenvalue weighted by atomic mass is 10.1. The molecule has 1 fully saturated rings. The molecule has 6 heteroatoms. The van der Waals surface area contributed by atoms with E-state index in [2.05, 4.69) is 0 Å². The largest absolute Gasteiger partial charge is 0.463 e. The third-order valence-corrected chi connectivity index (χ3v) is 2.14. The normalized spacial score (nSPS) is 29.6. The lowest BCUT2D eigenvalue weighted by molar-refractivity contribution is -0.210. The van der Waals surface area contributed by atoms with Crippen LogP contribution in [0.4, 0.5) is 0 Å². The van der Waals surface area contributed by atoms with Crippen molar-refractivity contribution in [2.75, 3.05) is 6.61 Å². The molecule has 1 aliphatic heterocycles. The van der Waals surface area contributed by atoms with E-state index in [-0.39, 0.29) is 19.1 Å². The fraction of sp³-hybridized carbons (Fsp3) is 0.800. The van der Waals surface area contributed by atoms with E-state index in [4.69, 9.17) is 14.2 Å². The Labute approximate surface area is 93.5 Å². The summed E-state index contributed by atoms with van der Waals surface area (Å²) >= 11 is 0. The van der Waals surface area contributed by atoms with Crippen molar-refractivity contribution < 1.29 is 28.9 Å². The Kier molecular flexibility index (Phi) is 4.70. The van der Waals surface area contributed by atoms with Gasteiger partial charge in [0, 0.05) is 26.7 Å². The molecule has 92 valence electrons. The van der Waals surface area contributed by atoms with E-state index in [1.54, 1.807) is 0 Å². The highest BCUT2D eigenvalue weighted by molar-refractivity contribution is 5.66. The van der Waals surface area contributed by atoms with Crippen LogP contribution in [0, 0.1) is 0 Å². The first-order valence-electron chi connectivity index (χ1n) is 5.11. The summed E-state index contributed by atoms with van der Waals surface area (Å²) in [5.41, 5.74) is 0. The molecular weight excluding hydrogens is 216 g/mol. The Balaban J connectivity index is 2.40. The molecule has 0 aromatic carbocycles. The van der Waals surface area contributed by atoms with Crippen LogP contribution in [-0.2, 0) is 23.8 Å². The molecule has 1 N–H and O–H groups in total. The van der Waals surface area contributed by atoms with Crippen molar-refractivity contribution in [2.45, 2.75) is 45.2 Å². The minimum Gasteiger partial charge on any atom is -0.463 e. The van der Waals surface area contributed by atoms with Crippen molar-refractivity contribution in [2.24, 2.45) is 0 Å². The fourth-order valence-electron chi connectivity index (χ4n) is 1.60. The predicted octanol–water partition coefficient (Wildman–Crippen LogP) is -0.0214. The maximum absolute atomic E-state index is 10.8. The first-order valence-corrected chi connectivity index (χ1v) is 5.11. The number of aliphatic hydroxyl groups excluding tert-OH is 1. The van der Waals surface area contributed by atoms with Crippen LogP contribution in [0.5, 0.6) is 0 Å². The molecule has 0 amide bonds. The van der Waals surface area contributed by atoms with Gasteiger partial charge in [-0.05, 0) is 0 Å². The molecule has 6 nitrogen and oxygen atoms in total. The number of rotatable bonds is 3. The van der Waals surface area contributed by atoms with Crippen LogP contribution in [0.15, 0.2) is 0 Å². The predicted molar refractivity (Wildman–Crippen MR) is 52.3 cm³/mol. The zero-order valence-electron chi connectivity index (χ0n) is 9.34. The summed E-state index contributed by atoms with van der Waals surface area (Å²) < 4.78 is 14.9. The summed E-state index contributed by atoms with van der Waals surface area (Å²) in [6.45, 7) is 2.66. The van der Waals surface area contributed by atoms with Crippen LogP contribution >= 0.6 is 0 Å². The van der Waals surface area contributed by atoms with Gasteiger partial charge < -0.3 is 19.3 Å². The number of ether oxygens (including phenoxy) is 3. The average Bonchev–Trinajstić information content (AvgIpc) is 2.12. The second kappa shape index (κ2) is 5.81. The van der Waals surface area contributed by atoms with Gasteiger partial charge in [0.1, 0.15) is 12.7 Å². The lowest BCUT2D eigenvalue weighted by Crippen LogP contribution is -2.40. The summed E-state index contributed by atoms with van der Waals surface area (Å²) in [6, 6.07) is 0. The van der Waals surface area contributed by atoms with E-state index >= 15 is 0 Å². The number of esters is 2. The van der Waals surface area contributed by atoms with Crippen LogP contribution in [-0.4, -0.2) is 42.1 Å². The second-order valence-corrected chi connectivity index (χ2v) is 3.72. The zero-order chi connectivity index (χ0) is 12.1. The van der Waals surface area contributed by atoms with E-state index < -0.39 is 24.3 Å². The van der Waals surface area contributed by atoms with Crippen LogP contribution in [0.3, 0.4) is 0 Å². The molecule has 1 heterocycles. The Hall–Kier alpha value is -1.14. The van der Waals surface area contributed by atoms with Gasteiger partial charge in [-0.25, -0.2) is 0 Å². The molecule has 0 aliphatic carbocycles. The lowest BCUT2D eigenvalue weighted by Gasteiger charge is -2.31. The Bertz CT molecular complexity index is 264. The van der Waals surface area contributed by atoms with E-state index in [0.717, 1.165) is 0 Å². The Morgan fingerprint density at radius 2 is 2.00 bits per heavy atom. The van der Waals surface area contributed by atoms with Crippen molar-refractivity contribution in [3.05, 3.63) is 0 Å².